The lowest BCUT2D eigenvalue weighted by molar-refractivity contribution is 0.0999. The summed E-state index contributed by atoms with van der Waals surface area (Å²) in [7, 11) is 1.54. The number of anilines is 1. The summed E-state index contributed by atoms with van der Waals surface area (Å²) >= 11 is 9.60. The van der Waals surface area contributed by atoms with E-state index >= 15 is 0 Å². The fourth-order valence-corrected chi connectivity index (χ4v) is 2.44. The van der Waals surface area contributed by atoms with Crippen LogP contribution in [0.25, 0.3) is 0 Å². The van der Waals surface area contributed by atoms with E-state index in [1.807, 2.05) is 0 Å². The Morgan fingerprint density at radius 2 is 2.53 bits per heavy atom. The zero-order chi connectivity index (χ0) is 12.3. The Balaban J connectivity index is 2.30. The van der Waals surface area contributed by atoms with Gasteiger partial charge in [0.2, 0.25) is 0 Å². The van der Waals surface area contributed by atoms with Crippen LogP contribution in [0.5, 0.6) is 6.01 Å². The van der Waals surface area contributed by atoms with Crippen LogP contribution in [0.2, 0.25) is 5.02 Å². The van der Waals surface area contributed by atoms with Crippen LogP contribution in [0, 0.1) is 0 Å². The smallest absolute Gasteiger partial charge is 0.318 e. The molecule has 2 heterocycles. The molecule has 0 amide bonds. The summed E-state index contributed by atoms with van der Waals surface area (Å²) < 4.78 is 10.5. The zero-order valence-electron chi connectivity index (χ0n) is 9.40. The highest BCUT2D eigenvalue weighted by Crippen LogP contribution is 2.27. The van der Waals surface area contributed by atoms with E-state index in [1.54, 1.807) is 6.20 Å². The molecule has 0 radical (unpaired) electrons. The van der Waals surface area contributed by atoms with Crippen molar-refractivity contribution >= 4 is 33.3 Å². The Morgan fingerprint density at radius 3 is 3.24 bits per heavy atom. The molecular weight excluding hydrogens is 309 g/mol. The van der Waals surface area contributed by atoms with Gasteiger partial charge in [0.25, 0.3) is 0 Å². The number of rotatable bonds is 3. The van der Waals surface area contributed by atoms with Crippen molar-refractivity contribution < 1.29 is 9.47 Å². The van der Waals surface area contributed by atoms with Gasteiger partial charge >= 0.3 is 6.01 Å². The van der Waals surface area contributed by atoms with Crippen LogP contribution < -0.4 is 9.64 Å². The van der Waals surface area contributed by atoms with Crippen molar-refractivity contribution in [2.75, 3.05) is 37.1 Å². The van der Waals surface area contributed by atoms with Crippen molar-refractivity contribution in [3.05, 3.63) is 11.2 Å². The van der Waals surface area contributed by atoms with Gasteiger partial charge in [-0.1, -0.05) is 27.5 Å². The number of ether oxygens (including phenoxy) is 2. The standard InChI is InChI=1S/C10H13BrClN3O2/c1-16-10-13-5-8(12)9(14-10)15-2-3-17-6-7(15)4-11/h5,7H,2-4,6H2,1H3. The van der Waals surface area contributed by atoms with Gasteiger partial charge in [0.1, 0.15) is 5.02 Å². The first kappa shape index (κ1) is 12.9. The minimum atomic E-state index is 0.223. The van der Waals surface area contributed by atoms with E-state index in [0.29, 0.717) is 30.1 Å². The summed E-state index contributed by atoms with van der Waals surface area (Å²) in [6.45, 7) is 2.09. The number of nitrogens with zero attached hydrogens (tertiary/aromatic N) is 3. The molecule has 1 fully saturated rings. The quantitative estimate of drug-likeness (QED) is 0.793. The van der Waals surface area contributed by atoms with Crippen molar-refractivity contribution in [3.63, 3.8) is 0 Å². The highest BCUT2D eigenvalue weighted by atomic mass is 79.9. The molecule has 1 aromatic rings. The average Bonchev–Trinajstić information content (AvgIpc) is 2.39. The van der Waals surface area contributed by atoms with Crippen molar-refractivity contribution in [2.45, 2.75) is 6.04 Å². The summed E-state index contributed by atoms with van der Waals surface area (Å²) in [5, 5.41) is 1.33. The third-order valence-electron chi connectivity index (χ3n) is 2.56. The lowest BCUT2D eigenvalue weighted by Gasteiger charge is -2.35. The van der Waals surface area contributed by atoms with Gasteiger partial charge in [-0.25, -0.2) is 4.98 Å². The number of morpholine rings is 1. The fourth-order valence-electron chi connectivity index (χ4n) is 1.70. The summed E-state index contributed by atoms with van der Waals surface area (Å²) in [4.78, 5) is 10.4. The van der Waals surface area contributed by atoms with Crippen molar-refractivity contribution in [1.29, 1.82) is 0 Å². The number of alkyl halides is 1. The lowest BCUT2D eigenvalue weighted by atomic mass is 10.2. The van der Waals surface area contributed by atoms with Crippen LogP contribution in [0.15, 0.2) is 6.20 Å². The molecule has 0 spiro atoms. The van der Waals surface area contributed by atoms with Crippen LogP contribution in [-0.4, -0.2) is 48.2 Å². The number of aromatic nitrogens is 2. The molecule has 17 heavy (non-hydrogen) atoms. The maximum Gasteiger partial charge on any atom is 0.318 e. The summed E-state index contributed by atoms with van der Waals surface area (Å²) in [5.74, 6) is 0.700. The van der Waals surface area contributed by atoms with Gasteiger partial charge in [-0.15, -0.1) is 0 Å². The second-order valence-corrected chi connectivity index (χ2v) is 4.66. The largest absolute Gasteiger partial charge is 0.467 e. The van der Waals surface area contributed by atoms with Crippen molar-refractivity contribution in [2.24, 2.45) is 0 Å². The number of hydrogen-bond acceptors (Lipinski definition) is 5. The molecule has 1 unspecified atom stereocenters. The Morgan fingerprint density at radius 1 is 1.71 bits per heavy atom. The molecule has 0 bridgehead atoms. The monoisotopic (exact) mass is 321 g/mol. The van der Waals surface area contributed by atoms with Crippen LogP contribution in [-0.2, 0) is 4.74 Å². The van der Waals surface area contributed by atoms with E-state index in [1.165, 1.54) is 7.11 Å². The summed E-state index contributed by atoms with van der Waals surface area (Å²) in [6.07, 6.45) is 1.56. The second-order valence-electron chi connectivity index (χ2n) is 3.60. The summed E-state index contributed by atoms with van der Waals surface area (Å²) in [5.41, 5.74) is 0. The first-order chi connectivity index (χ1) is 8.26. The minimum absolute atomic E-state index is 0.223. The second kappa shape index (κ2) is 5.84. The van der Waals surface area contributed by atoms with Gasteiger partial charge in [0, 0.05) is 11.9 Å². The van der Waals surface area contributed by atoms with Gasteiger partial charge in [0.15, 0.2) is 5.82 Å². The van der Waals surface area contributed by atoms with Gasteiger partial charge in [-0.2, -0.15) is 4.98 Å². The van der Waals surface area contributed by atoms with E-state index in [4.69, 9.17) is 21.1 Å². The predicted octanol–water partition coefficient (Wildman–Crippen LogP) is 1.74. The number of methoxy groups -OCH3 is 1. The molecule has 1 aromatic heterocycles. The molecular formula is C10H13BrClN3O2. The Bertz CT molecular complexity index is 394. The third-order valence-corrected chi connectivity index (χ3v) is 3.58. The van der Waals surface area contributed by atoms with E-state index in [9.17, 15) is 0 Å². The van der Waals surface area contributed by atoms with Gasteiger partial charge in [-0.3, -0.25) is 0 Å². The van der Waals surface area contributed by atoms with E-state index in [-0.39, 0.29) is 6.04 Å². The molecule has 2 rings (SSSR count). The number of hydrogen-bond donors (Lipinski definition) is 0. The topological polar surface area (TPSA) is 47.5 Å². The third kappa shape index (κ3) is 2.81. The van der Waals surface area contributed by atoms with Gasteiger partial charge in [0.05, 0.1) is 32.6 Å². The molecule has 5 nitrogen and oxygen atoms in total. The molecule has 0 aliphatic carbocycles. The van der Waals surface area contributed by atoms with Crippen molar-refractivity contribution in [1.82, 2.24) is 9.97 Å². The first-order valence-electron chi connectivity index (χ1n) is 5.23. The number of halogens is 2. The predicted molar refractivity (Wildman–Crippen MR) is 69.3 cm³/mol. The van der Waals surface area contributed by atoms with E-state index in [2.05, 4.69) is 30.8 Å². The van der Waals surface area contributed by atoms with Crippen LogP contribution in [0.3, 0.4) is 0 Å². The molecule has 1 aliphatic heterocycles. The normalized spacial score (nSPS) is 20.4. The maximum atomic E-state index is 6.13. The lowest BCUT2D eigenvalue weighted by Crippen LogP contribution is -2.47. The Hall–Kier alpha value is -0.590. The molecule has 0 N–H and O–H groups in total. The highest BCUT2D eigenvalue weighted by Gasteiger charge is 2.25. The Labute approximate surface area is 113 Å². The van der Waals surface area contributed by atoms with Crippen LogP contribution >= 0.6 is 27.5 Å². The van der Waals surface area contributed by atoms with E-state index < -0.39 is 0 Å². The first-order valence-corrected chi connectivity index (χ1v) is 6.73. The molecule has 1 saturated heterocycles. The van der Waals surface area contributed by atoms with Crippen molar-refractivity contribution in [3.8, 4) is 6.01 Å². The molecule has 1 aliphatic rings. The van der Waals surface area contributed by atoms with E-state index in [0.717, 1.165) is 11.9 Å². The maximum absolute atomic E-state index is 6.13. The Kier molecular flexibility index (Phi) is 4.42. The van der Waals surface area contributed by atoms with Crippen LogP contribution in [0.4, 0.5) is 5.82 Å². The molecule has 0 saturated carbocycles. The van der Waals surface area contributed by atoms with Crippen LogP contribution in [0.1, 0.15) is 0 Å². The average molecular weight is 323 g/mol. The molecule has 94 valence electrons. The molecule has 0 aromatic carbocycles. The molecule has 7 heteroatoms. The fraction of sp³-hybridized carbons (Fsp3) is 0.600. The van der Waals surface area contributed by atoms with Gasteiger partial charge < -0.3 is 14.4 Å². The molecule has 1 atom stereocenters. The SMILES string of the molecule is COc1ncc(Cl)c(N2CCOCC2CBr)n1. The minimum Gasteiger partial charge on any atom is -0.467 e. The highest BCUT2D eigenvalue weighted by molar-refractivity contribution is 9.09. The summed E-state index contributed by atoms with van der Waals surface area (Å²) in [6, 6.07) is 0.546. The zero-order valence-corrected chi connectivity index (χ0v) is 11.7. The van der Waals surface area contributed by atoms with Gasteiger partial charge in [-0.05, 0) is 0 Å².